The van der Waals surface area contributed by atoms with Crippen LogP contribution in [0.3, 0.4) is 0 Å². The van der Waals surface area contributed by atoms with E-state index >= 15 is 0 Å². The fourth-order valence-corrected chi connectivity index (χ4v) is 2.24. The van der Waals surface area contributed by atoms with Crippen LogP contribution in [0.25, 0.3) is 11.0 Å². The molecule has 0 radical (unpaired) electrons. The van der Waals surface area contributed by atoms with Crippen molar-refractivity contribution in [3.63, 3.8) is 0 Å². The number of hydrogen-bond donors (Lipinski definition) is 2. The summed E-state index contributed by atoms with van der Waals surface area (Å²) in [5.74, 6) is -2.98. The lowest BCUT2D eigenvalue weighted by atomic mass is 10.2. The predicted molar refractivity (Wildman–Crippen MR) is 81.5 cm³/mol. The number of pyridine rings is 1. The number of aromatic nitrogens is 2. The molecule has 2 N–H and O–H groups in total. The van der Waals surface area contributed by atoms with Crippen LogP contribution in [0.4, 0.5) is 14.5 Å². The predicted octanol–water partition coefficient (Wildman–Crippen LogP) is 3.46. The maximum absolute atomic E-state index is 14.2. The van der Waals surface area contributed by atoms with Crippen LogP contribution in [-0.2, 0) is 4.79 Å². The molecule has 1 amide bonds. The number of amides is 1. The van der Waals surface area contributed by atoms with Crippen molar-refractivity contribution in [2.75, 3.05) is 5.32 Å². The van der Waals surface area contributed by atoms with E-state index in [0.29, 0.717) is 11.0 Å². The summed E-state index contributed by atoms with van der Waals surface area (Å²) in [4.78, 5) is 17.8. The fourth-order valence-electron chi connectivity index (χ4n) is 2.24. The van der Waals surface area contributed by atoms with E-state index in [-0.39, 0.29) is 17.0 Å². The minimum atomic E-state index is -0.988. The number of nitriles is 1. The molecule has 0 aliphatic heterocycles. The zero-order chi connectivity index (χ0) is 17.3. The Morgan fingerprint density at radius 3 is 2.71 bits per heavy atom. The number of aromatic amines is 1. The van der Waals surface area contributed by atoms with Crippen molar-refractivity contribution in [2.45, 2.75) is 6.92 Å². The van der Waals surface area contributed by atoms with Crippen molar-refractivity contribution in [3.05, 3.63) is 47.8 Å². The van der Waals surface area contributed by atoms with Gasteiger partial charge in [0.15, 0.2) is 17.4 Å². The van der Waals surface area contributed by atoms with Crippen LogP contribution in [-0.4, -0.2) is 15.9 Å². The molecule has 0 bridgehead atoms. The number of ether oxygens (including phenoxy) is 1. The van der Waals surface area contributed by atoms with Crippen molar-refractivity contribution in [2.24, 2.45) is 0 Å². The van der Waals surface area contributed by atoms with E-state index in [1.54, 1.807) is 0 Å². The van der Waals surface area contributed by atoms with Gasteiger partial charge in [-0.3, -0.25) is 4.79 Å². The third kappa shape index (κ3) is 2.75. The van der Waals surface area contributed by atoms with Gasteiger partial charge in [-0.2, -0.15) is 5.26 Å². The highest BCUT2D eigenvalue weighted by atomic mass is 19.1. The first-order valence-electron chi connectivity index (χ1n) is 6.80. The fraction of sp³-hybridized carbons (Fsp3) is 0.0625. The molecule has 2 aromatic heterocycles. The summed E-state index contributed by atoms with van der Waals surface area (Å²) in [7, 11) is 0. The third-order valence-electron chi connectivity index (χ3n) is 3.19. The maximum atomic E-state index is 14.2. The molecule has 0 unspecified atom stereocenters. The molecule has 2 heterocycles. The second-order valence-electron chi connectivity index (χ2n) is 4.90. The van der Waals surface area contributed by atoms with Crippen LogP contribution < -0.4 is 10.1 Å². The summed E-state index contributed by atoms with van der Waals surface area (Å²) in [6.45, 7) is 1.23. The van der Waals surface area contributed by atoms with Crippen LogP contribution in [0.2, 0.25) is 0 Å². The van der Waals surface area contributed by atoms with E-state index < -0.39 is 23.3 Å². The summed E-state index contributed by atoms with van der Waals surface area (Å²) in [6.07, 6.45) is 2.81. The normalized spacial score (nSPS) is 10.4. The summed E-state index contributed by atoms with van der Waals surface area (Å²) >= 11 is 0. The Morgan fingerprint density at radius 1 is 1.38 bits per heavy atom. The number of carbonyl (C=O) groups excluding carboxylic acids is 1. The first-order valence-corrected chi connectivity index (χ1v) is 6.80. The molecule has 0 fully saturated rings. The first-order chi connectivity index (χ1) is 11.5. The molecule has 0 atom stereocenters. The van der Waals surface area contributed by atoms with Crippen LogP contribution >= 0.6 is 0 Å². The molecule has 120 valence electrons. The molecule has 0 saturated carbocycles. The van der Waals surface area contributed by atoms with Gasteiger partial charge in [0, 0.05) is 37.1 Å². The Balaban J connectivity index is 2.05. The van der Waals surface area contributed by atoms with E-state index in [0.717, 1.165) is 12.1 Å². The topological polar surface area (TPSA) is 90.8 Å². The lowest BCUT2D eigenvalue weighted by Gasteiger charge is -2.11. The van der Waals surface area contributed by atoms with E-state index in [2.05, 4.69) is 15.3 Å². The quantitative estimate of drug-likeness (QED) is 0.770. The summed E-state index contributed by atoms with van der Waals surface area (Å²) in [5, 5.41) is 11.7. The molecular formula is C16H10F2N4O2. The van der Waals surface area contributed by atoms with Crippen molar-refractivity contribution in [3.8, 4) is 17.6 Å². The SMILES string of the molecule is CC(=O)Nc1cc(F)c(Oc2ccnc3[nH]cc(C#N)c23)c(F)c1. The molecule has 1 aromatic carbocycles. The Morgan fingerprint density at radius 2 is 2.08 bits per heavy atom. The van der Waals surface area contributed by atoms with Gasteiger partial charge in [0.05, 0.1) is 10.9 Å². The highest BCUT2D eigenvalue weighted by molar-refractivity contribution is 5.89. The van der Waals surface area contributed by atoms with Gasteiger partial charge >= 0.3 is 0 Å². The van der Waals surface area contributed by atoms with Gasteiger partial charge in [0.1, 0.15) is 17.5 Å². The zero-order valence-corrected chi connectivity index (χ0v) is 12.4. The average molecular weight is 328 g/mol. The summed E-state index contributed by atoms with van der Waals surface area (Å²) in [5.41, 5.74) is 0.576. The Kier molecular flexibility index (Phi) is 3.83. The van der Waals surface area contributed by atoms with E-state index in [9.17, 15) is 13.6 Å². The van der Waals surface area contributed by atoms with Gasteiger partial charge in [0.25, 0.3) is 0 Å². The van der Waals surface area contributed by atoms with Gasteiger partial charge < -0.3 is 15.0 Å². The zero-order valence-electron chi connectivity index (χ0n) is 12.4. The van der Waals surface area contributed by atoms with E-state index in [1.807, 2.05) is 6.07 Å². The highest BCUT2D eigenvalue weighted by Crippen LogP contribution is 2.34. The molecule has 0 aliphatic rings. The second kappa shape index (κ2) is 5.96. The number of benzene rings is 1. The summed E-state index contributed by atoms with van der Waals surface area (Å²) < 4.78 is 33.6. The van der Waals surface area contributed by atoms with Gasteiger partial charge in [-0.15, -0.1) is 0 Å². The largest absolute Gasteiger partial charge is 0.450 e. The first kappa shape index (κ1) is 15.4. The number of halogens is 2. The van der Waals surface area contributed by atoms with Gasteiger partial charge in [-0.1, -0.05) is 0 Å². The van der Waals surface area contributed by atoms with E-state index in [4.69, 9.17) is 10.00 Å². The maximum Gasteiger partial charge on any atom is 0.221 e. The lowest BCUT2D eigenvalue weighted by Crippen LogP contribution is -2.07. The molecule has 0 spiro atoms. The van der Waals surface area contributed by atoms with Gasteiger partial charge in [0.2, 0.25) is 5.91 Å². The van der Waals surface area contributed by atoms with Crippen LogP contribution in [0.5, 0.6) is 11.5 Å². The number of H-pyrrole nitrogens is 1. The minimum Gasteiger partial charge on any atom is -0.450 e. The highest BCUT2D eigenvalue weighted by Gasteiger charge is 2.17. The van der Waals surface area contributed by atoms with Crippen molar-refractivity contribution >= 4 is 22.6 Å². The molecule has 0 saturated heterocycles. The number of rotatable bonds is 3. The smallest absolute Gasteiger partial charge is 0.221 e. The molecular weight excluding hydrogens is 318 g/mol. The van der Waals surface area contributed by atoms with Crippen molar-refractivity contribution in [1.82, 2.24) is 9.97 Å². The van der Waals surface area contributed by atoms with Crippen LogP contribution in [0, 0.1) is 23.0 Å². The number of anilines is 1. The Bertz CT molecular complexity index is 968. The van der Waals surface area contributed by atoms with Gasteiger partial charge in [-0.05, 0) is 6.07 Å². The number of nitrogens with one attached hydrogen (secondary N) is 2. The Labute approximate surface area is 134 Å². The molecule has 24 heavy (non-hydrogen) atoms. The molecule has 3 rings (SSSR count). The Hall–Kier alpha value is -3.47. The standard InChI is InChI=1S/C16H10F2N4O2/c1-8(23)22-10-4-11(17)15(12(18)5-10)24-13-2-3-20-16-14(13)9(6-19)7-21-16/h2-5,7H,1H3,(H,20,21)(H,22,23). The molecule has 8 heteroatoms. The number of hydrogen-bond acceptors (Lipinski definition) is 4. The number of fused-ring (bicyclic) bond motifs is 1. The number of nitrogens with zero attached hydrogens (tertiary/aromatic N) is 2. The van der Waals surface area contributed by atoms with Crippen molar-refractivity contribution in [1.29, 1.82) is 5.26 Å². The van der Waals surface area contributed by atoms with Gasteiger partial charge in [-0.25, -0.2) is 13.8 Å². The average Bonchev–Trinajstić information content (AvgIpc) is 2.94. The summed E-state index contributed by atoms with van der Waals surface area (Å²) in [6, 6.07) is 5.24. The number of carbonyl (C=O) groups is 1. The third-order valence-corrected chi connectivity index (χ3v) is 3.19. The molecule has 0 aliphatic carbocycles. The lowest BCUT2D eigenvalue weighted by molar-refractivity contribution is -0.114. The molecule has 6 nitrogen and oxygen atoms in total. The monoisotopic (exact) mass is 328 g/mol. The van der Waals surface area contributed by atoms with Crippen molar-refractivity contribution < 1.29 is 18.3 Å². The minimum absolute atomic E-state index is 0.0240. The second-order valence-corrected chi connectivity index (χ2v) is 4.90. The molecule has 3 aromatic rings. The van der Waals surface area contributed by atoms with Crippen LogP contribution in [0.15, 0.2) is 30.6 Å². The van der Waals surface area contributed by atoms with Crippen LogP contribution in [0.1, 0.15) is 12.5 Å². The van der Waals surface area contributed by atoms with E-state index in [1.165, 1.54) is 25.4 Å².